The predicted molar refractivity (Wildman–Crippen MR) is 35.0 cm³/mol. The fourth-order valence-corrected chi connectivity index (χ4v) is 1.06. The van der Waals surface area contributed by atoms with Gasteiger partial charge in [-0.15, -0.1) is 0 Å². The molecule has 2 heteroatoms. The van der Waals surface area contributed by atoms with Crippen LogP contribution in [-0.4, -0.2) is 22.4 Å². The largest absolute Gasteiger partial charge is 0.390 e. The van der Waals surface area contributed by atoms with Crippen LogP contribution in [0.25, 0.3) is 0 Å². The van der Waals surface area contributed by atoms with Crippen molar-refractivity contribution in [1.29, 1.82) is 0 Å². The molecule has 2 atom stereocenters. The summed E-state index contributed by atoms with van der Waals surface area (Å²) >= 11 is 0. The van der Waals surface area contributed by atoms with Gasteiger partial charge in [0.05, 0.1) is 6.10 Å². The molecule has 2 nitrogen and oxygen atoms in total. The molecule has 1 aliphatic carbocycles. The molecule has 0 fully saturated rings. The van der Waals surface area contributed by atoms with Gasteiger partial charge in [-0.2, -0.15) is 0 Å². The highest BCUT2D eigenvalue weighted by molar-refractivity contribution is 5.10. The zero-order chi connectivity index (χ0) is 6.85. The minimum atomic E-state index is -0.612. The Kier molecular flexibility index (Phi) is 1.88. The Morgan fingerprint density at radius 3 is 2.67 bits per heavy atom. The third-order valence-electron chi connectivity index (χ3n) is 1.76. The summed E-state index contributed by atoms with van der Waals surface area (Å²) in [5.41, 5.74) is 0.897. The normalized spacial score (nSPS) is 36.1. The van der Waals surface area contributed by atoms with E-state index in [0.29, 0.717) is 6.42 Å². The van der Waals surface area contributed by atoms with Gasteiger partial charge >= 0.3 is 0 Å². The number of hydrogen-bond acceptors (Lipinski definition) is 2. The molecule has 1 aliphatic rings. The van der Waals surface area contributed by atoms with Gasteiger partial charge in [-0.3, -0.25) is 0 Å². The Balaban J connectivity index is 2.62. The molecule has 1 rings (SSSR count). The topological polar surface area (TPSA) is 40.5 Å². The van der Waals surface area contributed by atoms with Crippen LogP contribution in [0.1, 0.15) is 19.8 Å². The summed E-state index contributed by atoms with van der Waals surface area (Å²) in [6, 6.07) is 0. The number of aliphatic hydroxyl groups is 2. The van der Waals surface area contributed by atoms with Crippen LogP contribution in [0, 0.1) is 0 Å². The molecule has 0 aromatic rings. The van der Waals surface area contributed by atoms with Crippen molar-refractivity contribution >= 4 is 0 Å². The molecule has 0 aromatic carbocycles. The van der Waals surface area contributed by atoms with E-state index in [4.69, 9.17) is 10.2 Å². The molecule has 0 spiro atoms. The number of aliphatic hydroxyl groups excluding tert-OH is 2. The summed E-state index contributed by atoms with van der Waals surface area (Å²) in [7, 11) is 0. The van der Waals surface area contributed by atoms with Crippen molar-refractivity contribution in [2.75, 3.05) is 0 Å². The molecular weight excluding hydrogens is 116 g/mol. The number of hydrogen-bond donors (Lipinski definition) is 2. The first-order valence-corrected chi connectivity index (χ1v) is 3.24. The van der Waals surface area contributed by atoms with Crippen LogP contribution in [0.4, 0.5) is 0 Å². The summed E-state index contributed by atoms with van der Waals surface area (Å²) in [6.45, 7) is 1.84. The smallest absolute Gasteiger partial charge is 0.101 e. The second kappa shape index (κ2) is 2.50. The van der Waals surface area contributed by atoms with Gasteiger partial charge in [-0.25, -0.2) is 0 Å². The molecule has 0 radical (unpaired) electrons. The molecule has 52 valence electrons. The van der Waals surface area contributed by atoms with E-state index in [1.54, 1.807) is 0 Å². The highest BCUT2D eigenvalue weighted by Gasteiger charge is 2.20. The Bertz CT molecular complexity index is 129. The van der Waals surface area contributed by atoms with Crippen LogP contribution in [0.3, 0.4) is 0 Å². The van der Waals surface area contributed by atoms with E-state index < -0.39 is 12.2 Å². The van der Waals surface area contributed by atoms with Crippen LogP contribution in [0.15, 0.2) is 11.6 Å². The lowest BCUT2D eigenvalue weighted by Crippen LogP contribution is -2.29. The van der Waals surface area contributed by atoms with Gasteiger partial charge in [0.25, 0.3) is 0 Å². The first-order valence-electron chi connectivity index (χ1n) is 3.24. The molecule has 0 aliphatic heterocycles. The molecule has 2 N–H and O–H groups in total. The van der Waals surface area contributed by atoms with Crippen molar-refractivity contribution in [3.05, 3.63) is 11.6 Å². The molecular formula is C7H12O2. The quantitative estimate of drug-likeness (QED) is 0.465. The fraction of sp³-hybridized carbons (Fsp3) is 0.714. The number of allylic oxidation sites excluding steroid dienone is 1. The summed E-state index contributed by atoms with van der Waals surface area (Å²) in [5.74, 6) is 0. The standard InChI is InChI=1S/C7H12O2/c1-5-3-2-4-6(8)7(5)9/h3,6-9H,2,4H2,1H3/t6-,7+/m0/s1. The third kappa shape index (κ3) is 1.32. The molecule has 0 amide bonds. The fourth-order valence-electron chi connectivity index (χ4n) is 1.06. The van der Waals surface area contributed by atoms with Gasteiger partial charge in [0, 0.05) is 0 Å². The highest BCUT2D eigenvalue weighted by Crippen LogP contribution is 2.17. The lowest BCUT2D eigenvalue weighted by atomic mass is 9.95. The van der Waals surface area contributed by atoms with Crippen molar-refractivity contribution in [2.45, 2.75) is 32.0 Å². The minimum absolute atomic E-state index is 0.532. The van der Waals surface area contributed by atoms with E-state index in [-0.39, 0.29) is 0 Å². The van der Waals surface area contributed by atoms with Crippen LogP contribution in [0.5, 0.6) is 0 Å². The van der Waals surface area contributed by atoms with E-state index >= 15 is 0 Å². The summed E-state index contributed by atoms with van der Waals surface area (Å²) in [5, 5.41) is 18.2. The van der Waals surface area contributed by atoms with Gasteiger partial charge in [0.15, 0.2) is 0 Å². The summed E-state index contributed by atoms with van der Waals surface area (Å²) < 4.78 is 0. The van der Waals surface area contributed by atoms with E-state index in [9.17, 15) is 0 Å². The highest BCUT2D eigenvalue weighted by atomic mass is 16.3. The van der Waals surface area contributed by atoms with Crippen molar-refractivity contribution in [3.63, 3.8) is 0 Å². The van der Waals surface area contributed by atoms with Gasteiger partial charge in [-0.05, 0) is 25.3 Å². The first-order chi connectivity index (χ1) is 4.22. The molecule has 0 saturated carbocycles. The third-order valence-corrected chi connectivity index (χ3v) is 1.76. The maximum Gasteiger partial charge on any atom is 0.101 e. The maximum absolute atomic E-state index is 9.13. The minimum Gasteiger partial charge on any atom is -0.390 e. The zero-order valence-electron chi connectivity index (χ0n) is 5.54. The lowest BCUT2D eigenvalue weighted by molar-refractivity contribution is 0.0315. The molecule has 0 bridgehead atoms. The summed E-state index contributed by atoms with van der Waals surface area (Å²) in [4.78, 5) is 0. The maximum atomic E-state index is 9.13. The monoisotopic (exact) mass is 128 g/mol. The molecule has 0 unspecified atom stereocenters. The average Bonchev–Trinajstić information content (AvgIpc) is 1.83. The SMILES string of the molecule is CC1=CCC[C@H](O)[C@@H]1O. The van der Waals surface area contributed by atoms with E-state index in [2.05, 4.69) is 0 Å². The average molecular weight is 128 g/mol. The van der Waals surface area contributed by atoms with Crippen molar-refractivity contribution in [2.24, 2.45) is 0 Å². The predicted octanol–water partition coefficient (Wildman–Crippen LogP) is 0.448. The first kappa shape index (κ1) is 6.78. The van der Waals surface area contributed by atoms with E-state index in [1.165, 1.54) is 0 Å². The summed E-state index contributed by atoms with van der Waals surface area (Å²) in [6.07, 6.45) is 2.41. The van der Waals surface area contributed by atoms with Gasteiger partial charge in [0.1, 0.15) is 6.10 Å². The second-order valence-electron chi connectivity index (χ2n) is 2.54. The Hall–Kier alpha value is -0.340. The lowest BCUT2D eigenvalue weighted by Gasteiger charge is -2.22. The Morgan fingerprint density at radius 2 is 2.22 bits per heavy atom. The number of rotatable bonds is 0. The molecule has 9 heavy (non-hydrogen) atoms. The van der Waals surface area contributed by atoms with Crippen LogP contribution in [0.2, 0.25) is 0 Å². The Labute approximate surface area is 54.8 Å². The van der Waals surface area contributed by atoms with Gasteiger partial charge in [-0.1, -0.05) is 6.08 Å². The molecule has 0 aromatic heterocycles. The Morgan fingerprint density at radius 1 is 1.56 bits per heavy atom. The molecule has 0 heterocycles. The molecule has 0 saturated heterocycles. The van der Waals surface area contributed by atoms with Crippen LogP contribution >= 0.6 is 0 Å². The van der Waals surface area contributed by atoms with Gasteiger partial charge < -0.3 is 10.2 Å². The van der Waals surface area contributed by atoms with Crippen LogP contribution < -0.4 is 0 Å². The van der Waals surface area contributed by atoms with Crippen molar-refractivity contribution < 1.29 is 10.2 Å². The van der Waals surface area contributed by atoms with E-state index in [1.807, 2.05) is 13.0 Å². The van der Waals surface area contributed by atoms with Gasteiger partial charge in [0.2, 0.25) is 0 Å². The van der Waals surface area contributed by atoms with E-state index in [0.717, 1.165) is 12.0 Å². The van der Waals surface area contributed by atoms with Crippen LogP contribution in [-0.2, 0) is 0 Å². The van der Waals surface area contributed by atoms with Crippen molar-refractivity contribution in [1.82, 2.24) is 0 Å². The zero-order valence-corrected chi connectivity index (χ0v) is 5.54. The second-order valence-corrected chi connectivity index (χ2v) is 2.54. The van der Waals surface area contributed by atoms with Crippen molar-refractivity contribution in [3.8, 4) is 0 Å².